The molecule has 2 bridgehead atoms. The molecule has 5 rings (SSSR count). The molecule has 1 amide bonds. The summed E-state index contributed by atoms with van der Waals surface area (Å²) in [5, 5.41) is 18.0. The molecule has 0 aliphatic carbocycles. The van der Waals surface area contributed by atoms with Gasteiger partial charge in [-0.05, 0) is 50.0 Å². The number of fused-ring (bicyclic) bond motifs is 4. The number of hydrogen-bond donors (Lipinski definition) is 3. The van der Waals surface area contributed by atoms with E-state index in [0.29, 0.717) is 11.6 Å². The van der Waals surface area contributed by atoms with E-state index >= 15 is 0 Å². The molecule has 1 atom stereocenters. The standard InChI is InChI=1S/C17H18N4O.CH2O2/c1-2-11-3-4-13-14(9-11)19-20-16(13)17(22)18-15-10-21-7-5-12(15)6-8-21;2-1-3/h1,3-4,9,12,15H,5-8,10H2,(H,18,22)(H,19,20);1H,(H,2,3)/t15-;/m0./s1. The number of carbonyl (C=O) groups excluding carboxylic acids is 1. The summed E-state index contributed by atoms with van der Waals surface area (Å²) in [5.41, 5.74) is 2.03. The molecule has 130 valence electrons. The van der Waals surface area contributed by atoms with Crippen LogP contribution in [0.15, 0.2) is 18.2 Å². The number of aromatic amines is 1. The number of carboxylic acid groups (broad SMARTS) is 1. The van der Waals surface area contributed by atoms with E-state index < -0.39 is 0 Å². The van der Waals surface area contributed by atoms with Gasteiger partial charge in [0.05, 0.1) is 5.52 Å². The molecule has 3 aliphatic rings. The van der Waals surface area contributed by atoms with Crippen molar-refractivity contribution >= 4 is 23.3 Å². The van der Waals surface area contributed by atoms with E-state index in [2.05, 4.69) is 26.3 Å². The third kappa shape index (κ3) is 3.49. The maximum absolute atomic E-state index is 12.6. The van der Waals surface area contributed by atoms with Gasteiger partial charge in [0.1, 0.15) is 0 Å². The quantitative estimate of drug-likeness (QED) is 0.561. The number of hydrogen-bond acceptors (Lipinski definition) is 4. The Morgan fingerprint density at radius 2 is 2.16 bits per heavy atom. The van der Waals surface area contributed by atoms with E-state index in [1.807, 2.05) is 18.2 Å². The zero-order chi connectivity index (χ0) is 17.8. The van der Waals surface area contributed by atoms with Crippen LogP contribution in [0.3, 0.4) is 0 Å². The Kier molecular flexibility index (Phi) is 5.00. The average molecular weight is 340 g/mol. The molecule has 0 spiro atoms. The Morgan fingerprint density at radius 1 is 1.44 bits per heavy atom. The number of amides is 1. The van der Waals surface area contributed by atoms with Crippen molar-refractivity contribution < 1.29 is 14.7 Å². The molecule has 4 heterocycles. The molecule has 25 heavy (non-hydrogen) atoms. The molecule has 3 saturated heterocycles. The number of rotatable bonds is 2. The molecule has 2 aromatic rings. The summed E-state index contributed by atoms with van der Waals surface area (Å²) in [6, 6.07) is 5.78. The molecule has 3 N–H and O–H groups in total. The Morgan fingerprint density at radius 3 is 2.76 bits per heavy atom. The second kappa shape index (κ2) is 7.36. The summed E-state index contributed by atoms with van der Waals surface area (Å²) in [7, 11) is 0. The lowest BCUT2D eigenvalue weighted by molar-refractivity contribution is -0.122. The van der Waals surface area contributed by atoms with Crippen LogP contribution < -0.4 is 5.32 Å². The highest BCUT2D eigenvalue weighted by molar-refractivity contribution is 6.05. The third-order valence-corrected chi connectivity index (χ3v) is 4.92. The van der Waals surface area contributed by atoms with Crippen molar-refractivity contribution in [3.63, 3.8) is 0 Å². The van der Waals surface area contributed by atoms with Gasteiger partial charge in [-0.15, -0.1) is 6.42 Å². The predicted octanol–water partition coefficient (Wildman–Crippen LogP) is 1.07. The highest BCUT2D eigenvalue weighted by Gasteiger charge is 2.35. The van der Waals surface area contributed by atoms with Crippen LogP contribution in [0.2, 0.25) is 0 Å². The van der Waals surface area contributed by atoms with Gasteiger partial charge in [-0.3, -0.25) is 14.7 Å². The zero-order valence-corrected chi connectivity index (χ0v) is 13.7. The van der Waals surface area contributed by atoms with Gasteiger partial charge in [0.2, 0.25) is 0 Å². The molecular formula is C18H20N4O3. The minimum Gasteiger partial charge on any atom is -0.483 e. The first kappa shape index (κ1) is 17.0. The van der Waals surface area contributed by atoms with E-state index in [1.54, 1.807) is 0 Å². The smallest absolute Gasteiger partial charge is 0.290 e. The normalized spacial score (nSPS) is 24.0. The number of aromatic nitrogens is 2. The van der Waals surface area contributed by atoms with Crippen LogP contribution in [0.25, 0.3) is 10.9 Å². The molecule has 0 radical (unpaired) electrons. The van der Waals surface area contributed by atoms with Gasteiger partial charge >= 0.3 is 0 Å². The van der Waals surface area contributed by atoms with Crippen molar-refractivity contribution in [3.05, 3.63) is 29.5 Å². The highest BCUT2D eigenvalue weighted by Crippen LogP contribution is 2.28. The summed E-state index contributed by atoms with van der Waals surface area (Å²) in [4.78, 5) is 23.4. The fourth-order valence-corrected chi connectivity index (χ4v) is 3.65. The van der Waals surface area contributed by atoms with Crippen molar-refractivity contribution in [2.75, 3.05) is 19.6 Å². The van der Waals surface area contributed by atoms with Crippen molar-refractivity contribution in [2.24, 2.45) is 5.92 Å². The van der Waals surface area contributed by atoms with Gasteiger partial charge in [-0.2, -0.15) is 5.10 Å². The molecule has 7 heteroatoms. The minimum absolute atomic E-state index is 0.0987. The number of benzene rings is 1. The lowest BCUT2D eigenvalue weighted by Gasteiger charge is -2.44. The van der Waals surface area contributed by atoms with Crippen molar-refractivity contribution in [1.29, 1.82) is 0 Å². The molecule has 0 saturated carbocycles. The number of carbonyl (C=O) groups is 2. The topological polar surface area (TPSA) is 98.3 Å². The minimum atomic E-state index is -0.250. The van der Waals surface area contributed by atoms with Crippen molar-refractivity contribution in [3.8, 4) is 12.3 Å². The first-order valence-corrected chi connectivity index (χ1v) is 8.22. The summed E-state index contributed by atoms with van der Waals surface area (Å²) < 4.78 is 0. The number of terminal acetylenes is 1. The molecule has 3 aliphatic heterocycles. The highest BCUT2D eigenvalue weighted by atomic mass is 16.3. The van der Waals surface area contributed by atoms with Crippen LogP contribution in [-0.2, 0) is 4.79 Å². The Balaban J connectivity index is 0.000000569. The van der Waals surface area contributed by atoms with Crippen LogP contribution in [0.5, 0.6) is 0 Å². The van der Waals surface area contributed by atoms with Crippen molar-refractivity contribution in [1.82, 2.24) is 20.4 Å². The van der Waals surface area contributed by atoms with Crippen LogP contribution in [0.4, 0.5) is 0 Å². The van der Waals surface area contributed by atoms with Gasteiger partial charge in [-0.1, -0.05) is 5.92 Å². The number of H-pyrrole nitrogens is 1. The van der Waals surface area contributed by atoms with Crippen LogP contribution >= 0.6 is 0 Å². The molecule has 3 fully saturated rings. The first-order chi connectivity index (χ1) is 12.2. The van der Waals surface area contributed by atoms with Gasteiger partial charge in [0.25, 0.3) is 12.4 Å². The maximum atomic E-state index is 12.6. The molecule has 1 aromatic carbocycles. The average Bonchev–Trinajstić information content (AvgIpc) is 3.06. The van der Waals surface area contributed by atoms with Gasteiger partial charge in [0.15, 0.2) is 5.69 Å². The lowest BCUT2D eigenvalue weighted by Crippen LogP contribution is -2.57. The van der Waals surface area contributed by atoms with Crippen LogP contribution in [0.1, 0.15) is 28.9 Å². The predicted molar refractivity (Wildman–Crippen MR) is 93.1 cm³/mol. The van der Waals surface area contributed by atoms with Gasteiger partial charge in [-0.25, -0.2) is 0 Å². The number of nitrogens with one attached hydrogen (secondary N) is 2. The molecular weight excluding hydrogens is 320 g/mol. The molecule has 1 aromatic heterocycles. The van der Waals surface area contributed by atoms with Crippen LogP contribution in [-0.4, -0.2) is 58.3 Å². The largest absolute Gasteiger partial charge is 0.483 e. The van der Waals surface area contributed by atoms with Crippen LogP contribution in [0, 0.1) is 18.3 Å². The second-order valence-corrected chi connectivity index (χ2v) is 6.30. The summed E-state index contributed by atoms with van der Waals surface area (Å²) in [6.07, 6.45) is 7.75. The summed E-state index contributed by atoms with van der Waals surface area (Å²) in [5.74, 6) is 3.09. The van der Waals surface area contributed by atoms with E-state index in [4.69, 9.17) is 16.3 Å². The second-order valence-electron chi connectivity index (χ2n) is 6.30. The SMILES string of the molecule is C#Cc1ccc2c(C(=O)N[C@H]3CN4CCC3CC4)n[nH]c2c1.O=CO. The number of nitrogens with zero attached hydrogens (tertiary/aromatic N) is 2. The fourth-order valence-electron chi connectivity index (χ4n) is 3.65. The summed E-state index contributed by atoms with van der Waals surface area (Å²) in [6.45, 7) is 3.04. The summed E-state index contributed by atoms with van der Waals surface area (Å²) >= 11 is 0. The Hall–Kier alpha value is -2.85. The van der Waals surface area contributed by atoms with E-state index in [-0.39, 0.29) is 18.4 Å². The third-order valence-electron chi connectivity index (χ3n) is 4.92. The number of piperidine rings is 3. The fraction of sp³-hybridized carbons (Fsp3) is 0.389. The lowest BCUT2D eigenvalue weighted by atomic mass is 9.84. The Bertz CT molecular complexity index is 815. The monoisotopic (exact) mass is 340 g/mol. The van der Waals surface area contributed by atoms with Crippen molar-refractivity contribution in [2.45, 2.75) is 18.9 Å². The van der Waals surface area contributed by atoms with E-state index in [9.17, 15) is 4.79 Å². The first-order valence-electron chi connectivity index (χ1n) is 8.22. The Labute approximate surface area is 145 Å². The van der Waals surface area contributed by atoms with E-state index in [1.165, 1.54) is 12.8 Å². The van der Waals surface area contributed by atoms with E-state index in [0.717, 1.165) is 36.1 Å². The zero-order valence-electron chi connectivity index (χ0n) is 13.7. The van der Waals surface area contributed by atoms with Gasteiger partial charge in [0, 0.05) is 23.5 Å². The molecule has 0 unspecified atom stereocenters. The maximum Gasteiger partial charge on any atom is 0.290 e. The van der Waals surface area contributed by atoms with Gasteiger partial charge < -0.3 is 15.3 Å². The molecule has 7 nitrogen and oxygen atoms in total.